The molecule has 0 fully saturated rings. The molecule has 4 rings (SSSR count). The highest BCUT2D eigenvalue weighted by Gasteiger charge is 2.22. The molecule has 26 heavy (non-hydrogen) atoms. The van der Waals surface area contributed by atoms with Crippen LogP contribution in [0.1, 0.15) is 27.7 Å². The van der Waals surface area contributed by atoms with Gasteiger partial charge < -0.3 is 9.64 Å². The van der Waals surface area contributed by atoms with Gasteiger partial charge in [-0.3, -0.25) is 4.79 Å². The van der Waals surface area contributed by atoms with E-state index in [9.17, 15) is 9.59 Å². The first-order valence-electron chi connectivity index (χ1n) is 8.49. The van der Waals surface area contributed by atoms with E-state index in [2.05, 4.69) is 10.3 Å². The molecule has 7 nitrogen and oxygen atoms in total. The van der Waals surface area contributed by atoms with Gasteiger partial charge in [0.15, 0.2) is 6.61 Å². The van der Waals surface area contributed by atoms with Crippen LogP contribution in [0.5, 0.6) is 0 Å². The fraction of sp³-hybridized carbons (Fsp3) is 0.333. The summed E-state index contributed by atoms with van der Waals surface area (Å²) in [7, 11) is 0. The average Bonchev–Trinajstić information content (AvgIpc) is 3.30. The monoisotopic (exact) mass is 370 g/mol. The molecule has 3 heterocycles. The highest BCUT2D eigenvalue weighted by molar-refractivity contribution is 7.10. The van der Waals surface area contributed by atoms with Crippen LogP contribution in [0, 0.1) is 0 Å². The third-order valence-electron chi connectivity index (χ3n) is 4.54. The number of aryl methyl sites for hydroxylation is 1. The topological polar surface area (TPSA) is 77.3 Å². The van der Waals surface area contributed by atoms with Gasteiger partial charge in [-0.15, -0.1) is 16.4 Å². The lowest BCUT2D eigenvalue weighted by atomic mass is 10.1. The van der Waals surface area contributed by atoms with Crippen LogP contribution >= 0.6 is 11.3 Å². The van der Waals surface area contributed by atoms with E-state index in [1.165, 1.54) is 10.4 Å². The first-order valence-corrected chi connectivity index (χ1v) is 9.37. The maximum Gasteiger partial charge on any atom is 0.338 e. The van der Waals surface area contributed by atoms with Crippen LogP contribution in [0.4, 0.5) is 0 Å². The number of rotatable bonds is 4. The van der Waals surface area contributed by atoms with Crippen molar-refractivity contribution in [3.8, 4) is 0 Å². The van der Waals surface area contributed by atoms with Crippen LogP contribution in [0.2, 0.25) is 0 Å². The van der Waals surface area contributed by atoms with Crippen molar-refractivity contribution in [3.05, 3.63) is 45.6 Å². The third-order valence-corrected chi connectivity index (χ3v) is 5.56. The number of thiophene rings is 1. The minimum atomic E-state index is -0.528. The molecule has 0 unspecified atom stereocenters. The molecule has 2 aromatic heterocycles. The Labute approximate surface area is 154 Å². The van der Waals surface area contributed by atoms with Crippen LogP contribution in [0.3, 0.4) is 0 Å². The summed E-state index contributed by atoms with van der Waals surface area (Å²) in [5, 5.41) is 10.1. The minimum Gasteiger partial charge on any atom is -0.452 e. The van der Waals surface area contributed by atoms with Gasteiger partial charge in [0.2, 0.25) is 0 Å². The van der Waals surface area contributed by atoms with Gasteiger partial charge in [-0.1, -0.05) is 5.21 Å². The molecular formula is C18H18N4O3S. The molecule has 0 N–H and O–H groups in total. The second kappa shape index (κ2) is 6.87. The lowest BCUT2D eigenvalue weighted by molar-refractivity contribution is -0.135. The molecule has 1 amide bonds. The first kappa shape index (κ1) is 16.7. The molecule has 0 saturated carbocycles. The van der Waals surface area contributed by atoms with Gasteiger partial charge in [-0.25, -0.2) is 9.48 Å². The molecule has 1 aliphatic rings. The van der Waals surface area contributed by atoms with Crippen molar-refractivity contribution in [3.63, 3.8) is 0 Å². The zero-order valence-corrected chi connectivity index (χ0v) is 15.2. The van der Waals surface area contributed by atoms with E-state index in [4.69, 9.17) is 4.74 Å². The van der Waals surface area contributed by atoms with Crippen molar-refractivity contribution in [1.29, 1.82) is 0 Å². The molecular weight excluding hydrogens is 352 g/mol. The Kier molecular flexibility index (Phi) is 4.42. The Hall–Kier alpha value is -2.74. The number of carbonyl (C=O) groups excluding carboxylic acids is 2. The fourth-order valence-electron chi connectivity index (χ4n) is 3.10. The van der Waals surface area contributed by atoms with Gasteiger partial charge in [-0.05, 0) is 48.6 Å². The lowest BCUT2D eigenvalue weighted by Crippen LogP contribution is -2.38. The number of amides is 1. The van der Waals surface area contributed by atoms with Crippen LogP contribution in [-0.4, -0.2) is 44.9 Å². The van der Waals surface area contributed by atoms with Gasteiger partial charge in [0.25, 0.3) is 5.91 Å². The molecule has 0 atom stereocenters. The zero-order chi connectivity index (χ0) is 18.1. The molecule has 0 bridgehead atoms. The number of aromatic nitrogens is 3. The minimum absolute atomic E-state index is 0.173. The summed E-state index contributed by atoms with van der Waals surface area (Å²) in [6, 6.07) is 7.15. The van der Waals surface area contributed by atoms with E-state index >= 15 is 0 Å². The second-order valence-corrected chi connectivity index (χ2v) is 7.12. The summed E-state index contributed by atoms with van der Waals surface area (Å²) in [4.78, 5) is 27.7. The molecule has 0 radical (unpaired) electrons. The Morgan fingerprint density at radius 1 is 1.31 bits per heavy atom. The van der Waals surface area contributed by atoms with Crippen LogP contribution in [-0.2, 0) is 29.0 Å². The van der Waals surface area contributed by atoms with Crippen LogP contribution < -0.4 is 0 Å². The number of hydrogen-bond acceptors (Lipinski definition) is 6. The van der Waals surface area contributed by atoms with Crippen molar-refractivity contribution in [1.82, 2.24) is 19.9 Å². The fourth-order valence-corrected chi connectivity index (χ4v) is 3.99. The summed E-state index contributed by atoms with van der Waals surface area (Å²) in [5.74, 6) is -0.701. The maximum atomic E-state index is 12.3. The van der Waals surface area contributed by atoms with Crippen molar-refractivity contribution < 1.29 is 14.3 Å². The van der Waals surface area contributed by atoms with Gasteiger partial charge >= 0.3 is 5.97 Å². The molecule has 1 aromatic carbocycles. The van der Waals surface area contributed by atoms with Gasteiger partial charge in [0.05, 0.1) is 11.1 Å². The smallest absolute Gasteiger partial charge is 0.338 e. The molecule has 3 aromatic rings. The van der Waals surface area contributed by atoms with Crippen molar-refractivity contribution >= 4 is 34.2 Å². The van der Waals surface area contributed by atoms with Gasteiger partial charge in [-0.2, -0.15) is 0 Å². The van der Waals surface area contributed by atoms with Crippen molar-refractivity contribution in [2.45, 2.75) is 26.4 Å². The standard InChI is InChI=1S/C18H18N4O3S/c1-2-22-15-4-3-12(9-14(15)19-20-22)18(24)25-11-17(23)21-7-5-16-13(10-21)6-8-26-16/h3-4,6,8-9H,2,5,7,10-11H2,1H3. The van der Waals surface area contributed by atoms with Crippen molar-refractivity contribution in [2.24, 2.45) is 0 Å². The highest BCUT2D eigenvalue weighted by Crippen LogP contribution is 2.24. The Morgan fingerprint density at radius 3 is 3.04 bits per heavy atom. The summed E-state index contributed by atoms with van der Waals surface area (Å²) in [5.41, 5.74) is 3.05. The van der Waals surface area contributed by atoms with E-state index < -0.39 is 5.97 Å². The number of benzene rings is 1. The maximum absolute atomic E-state index is 12.3. The third kappa shape index (κ3) is 3.08. The number of fused-ring (bicyclic) bond motifs is 2. The Balaban J connectivity index is 1.38. The predicted molar refractivity (Wildman–Crippen MR) is 96.9 cm³/mol. The molecule has 8 heteroatoms. The summed E-state index contributed by atoms with van der Waals surface area (Å²) in [6.07, 6.45) is 0.858. The molecule has 0 spiro atoms. The second-order valence-electron chi connectivity index (χ2n) is 6.12. The van der Waals surface area contributed by atoms with E-state index in [-0.39, 0.29) is 12.5 Å². The number of esters is 1. The van der Waals surface area contributed by atoms with Crippen LogP contribution in [0.15, 0.2) is 29.6 Å². The van der Waals surface area contributed by atoms with E-state index in [1.807, 2.05) is 18.4 Å². The molecule has 134 valence electrons. The largest absolute Gasteiger partial charge is 0.452 e. The average molecular weight is 370 g/mol. The van der Waals surface area contributed by atoms with E-state index in [0.29, 0.717) is 30.7 Å². The molecule has 0 aliphatic carbocycles. The van der Waals surface area contributed by atoms with E-state index in [0.717, 1.165) is 11.9 Å². The Morgan fingerprint density at radius 2 is 2.19 bits per heavy atom. The van der Waals surface area contributed by atoms with Crippen molar-refractivity contribution in [2.75, 3.05) is 13.2 Å². The quantitative estimate of drug-likeness (QED) is 0.659. The van der Waals surface area contributed by atoms with Gasteiger partial charge in [0, 0.05) is 24.5 Å². The first-order chi connectivity index (χ1) is 12.7. The SMILES string of the molecule is CCn1nnc2cc(C(=O)OCC(=O)N3CCc4sccc4C3)ccc21. The highest BCUT2D eigenvalue weighted by atomic mass is 32.1. The lowest BCUT2D eigenvalue weighted by Gasteiger charge is -2.26. The Bertz CT molecular complexity index is 978. The summed E-state index contributed by atoms with van der Waals surface area (Å²) >= 11 is 1.72. The molecule has 0 saturated heterocycles. The zero-order valence-electron chi connectivity index (χ0n) is 14.3. The normalized spacial score (nSPS) is 13.7. The number of ether oxygens (including phenoxy) is 1. The van der Waals surface area contributed by atoms with E-state index in [1.54, 1.807) is 39.1 Å². The van der Waals surface area contributed by atoms with Gasteiger partial charge in [0.1, 0.15) is 5.52 Å². The summed E-state index contributed by atoms with van der Waals surface area (Å²) in [6.45, 7) is 3.67. The summed E-state index contributed by atoms with van der Waals surface area (Å²) < 4.78 is 6.97. The predicted octanol–water partition coefficient (Wildman–Crippen LogP) is 2.25. The number of nitrogens with zero attached hydrogens (tertiary/aromatic N) is 4. The van der Waals surface area contributed by atoms with Crippen LogP contribution in [0.25, 0.3) is 11.0 Å². The molecule has 1 aliphatic heterocycles. The number of carbonyl (C=O) groups is 2. The number of hydrogen-bond donors (Lipinski definition) is 0.